The van der Waals surface area contributed by atoms with Gasteiger partial charge in [-0.25, -0.2) is 0 Å². The molecular formula is C32H57NS2. The highest BCUT2D eigenvalue weighted by Gasteiger charge is 2.14. The van der Waals surface area contributed by atoms with E-state index in [4.69, 9.17) is 0 Å². The monoisotopic (exact) mass is 519 g/mol. The third-order valence-corrected chi connectivity index (χ3v) is 7.65. The summed E-state index contributed by atoms with van der Waals surface area (Å²) in [4.78, 5) is 4.02. The molecule has 1 N–H and O–H groups in total. The molecule has 35 heavy (non-hydrogen) atoms. The number of aryl methyl sites for hydroxylation is 1. The Labute approximate surface area is 228 Å². The number of hydrogen-bond acceptors (Lipinski definition) is 3. The van der Waals surface area contributed by atoms with Crippen LogP contribution in [0.3, 0.4) is 0 Å². The number of thioether (sulfide) groups is 1. The second-order valence-electron chi connectivity index (χ2n) is 9.39. The van der Waals surface area contributed by atoms with Crippen LogP contribution in [0.2, 0.25) is 0 Å². The van der Waals surface area contributed by atoms with E-state index in [0.717, 1.165) is 36.6 Å². The van der Waals surface area contributed by atoms with Gasteiger partial charge in [-0.15, -0.1) is 23.1 Å². The number of nitrogens with one attached hydrogen (secondary N) is 1. The number of rotatable bonds is 13. The zero-order valence-electron chi connectivity index (χ0n) is 25.2. The highest BCUT2D eigenvalue weighted by molar-refractivity contribution is 8.05. The molecule has 0 aliphatic carbocycles. The van der Waals surface area contributed by atoms with E-state index < -0.39 is 0 Å². The first-order chi connectivity index (χ1) is 16.6. The smallest absolute Gasteiger partial charge is 0.0536 e. The van der Waals surface area contributed by atoms with E-state index in [1.165, 1.54) is 45.0 Å². The van der Waals surface area contributed by atoms with Crippen LogP contribution in [0.25, 0.3) is 5.70 Å². The van der Waals surface area contributed by atoms with Gasteiger partial charge < -0.3 is 5.32 Å². The number of thiophene rings is 1. The maximum atomic E-state index is 4.26. The highest BCUT2D eigenvalue weighted by Crippen LogP contribution is 2.33. The molecule has 3 heteroatoms. The normalized spacial score (nSPS) is 12.7. The molecule has 1 unspecified atom stereocenters. The summed E-state index contributed by atoms with van der Waals surface area (Å²) in [5.74, 6) is 1.46. The molecule has 0 saturated heterocycles. The number of unbranched alkanes of at least 4 members (excludes halogenated alkanes) is 1. The van der Waals surface area contributed by atoms with Crippen molar-refractivity contribution in [2.24, 2.45) is 11.8 Å². The topological polar surface area (TPSA) is 12.0 Å². The average Bonchev–Trinajstić information content (AvgIpc) is 3.13. The van der Waals surface area contributed by atoms with Gasteiger partial charge in [-0.2, -0.15) is 0 Å². The molecule has 1 nitrogen and oxygen atoms in total. The molecule has 0 fully saturated rings. The predicted molar refractivity (Wildman–Crippen MR) is 170 cm³/mol. The Hall–Kier alpha value is -1.19. The van der Waals surface area contributed by atoms with E-state index in [1.54, 1.807) is 11.8 Å². The first-order valence-corrected chi connectivity index (χ1v) is 15.5. The zero-order chi connectivity index (χ0) is 27.4. The van der Waals surface area contributed by atoms with Crippen LogP contribution in [0.4, 0.5) is 0 Å². The maximum Gasteiger partial charge on any atom is 0.0536 e. The summed E-state index contributed by atoms with van der Waals surface area (Å²) < 4.78 is 0. The molecule has 0 saturated carbocycles. The van der Waals surface area contributed by atoms with Gasteiger partial charge in [0, 0.05) is 16.3 Å². The van der Waals surface area contributed by atoms with Crippen molar-refractivity contribution in [3.05, 3.63) is 61.6 Å². The number of hydrogen-bond donors (Lipinski definition) is 1. The fourth-order valence-corrected chi connectivity index (χ4v) is 4.85. The van der Waals surface area contributed by atoms with Gasteiger partial charge in [0.1, 0.15) is 0 Å². The molecule has 0 radical (unpaired) electrons. The molecule has 0 amide bonds. The van der Waals surface area contributed by atoms with Crippen molar-refractivity contribution < 1.29 is 0 Å². The summed E-state index contributed by atoms with van der Waals surface area (Å²) in [6.07, 6.45) is 12.7. The minimum atomic E-state index is 0.624. The lowest BCUT2D eigenvalue weighted by molar-refractivity contribution is 0.699. The van der Waals surface area contributed by atoms with Crippen LogP contribution in [0.5, 0.6) is 0 Å². The Balaban J connectivity index is 0. The molecule has 0 aromatic carbocycles. The van der Waals surface area contributed by atoms with Gasteiger partial charge in [0.2, 0.25) is 0 Å². The van der Waals surface area contributed by atoms with Crippen molar-refractivity contribution in [3.63, 3.8) is 0 Å². The van der Waals surface area contributed by atoms with Crippen LogP contribution < -0.4 is 5.32 Å². The lowest BCUT2D eigenvalue weighted by Gasteiger charge is -2.13. The van der Waals surface area contributed by atoms with Crippen molar-refractivity contribution >= 4 is 28.8 Å². The summed E-state index contributed by atoms with van der Waals surface area (Å²) >= 11 is 3.68. The van der Waals surface area contributed by atoms with Crippen LogP contribution >= 0.6 is 23.1 Å². The van der Waals surface area contributed by atoms with E-state index in [-0.39, 0.29) is 0 Å². The molecule has 1 atom stereocenters. The molecule has 1 heterocycles. The number of allylic oxidation sites excluding steroid dienone is 4. The third-order valence-electron chi connectivity index (χ3n) is 5.31. The molecule has 1 rings (SSSR count). The van der Waals surface area contributed by atoms with Crippen LogP contribution in [-0.4, -0.2) is 6.54 Å². The van der Waals surface area contributed by atoms with Crippen molar-refractivity contribution in [2.45, 2.75) is 115 Å². The highest BCUT2D eigenvalue weighted by atomic mass is 32.2. The lowest BCUT2D eigenvalue weighted by atomic mass is 10.1. The molecule has 0 aliphatic heterocycles. The fourth-order valence-electron chi connectivity index (χ4n) is 2.91. The van der Waals surface area contributed by atoms with Crippen LogP contribution in [0.1, 0.15) is 116 Å². The standard InChI is InChI=1S/C26H41NS2.C4H10.C2H6/c1-9-13-14-23(11-3)17-24(26-22(8)21(7)25(12-4)29-26)27-18-20(6)28-16-15-19(5)10-2;1-4(2)3;1-2/h14-17,19,27H,6,9-13,18H2,1-5,7-8H3;4H,1-3H3;1-2H3/b16-15-,23-14+,24-17+;;. The summed E-state index contributed by atoms with van der Waals surface area (Å²) in [7, 11) is 0. The SMILES string of the molecule is C=C(CN/C(=C/C(=C/CCC)CC)c1sc(CC)c(C)c1C)S/C=C\C(C)CC.CC.CC(C)C. The minimum absolute atomic E-state index is 0.624. The fraction of sp³-hybridized carbons (Fsp3) is 0.625. The summed E-state index contributed by atoms with van der Waals surface area (Å²) in [5.41, 5.74) is 5.51. The van der Waals surface area contributed by atoms with Gasteiger partial charge >= 0.3 is 0 Å². The Morgan fingerprint density at radius 1 is 1.03 bits per heavy atom. The molecule has 0 bridgehead atoms. The Morgan fingerprint density at radius 3 is 2.09 bits per heavy atom. The van der Waals surface area contributed by atoms with Crippen LogP contribution in [0, 0.1) is 25.7 Å². The zero-order valence-corrected chi connectivity index (χ0v) is 26.9. The molecule has 0 aliphatic rings. The van der Waals surface area contributed by atoms with Crippen molar-refractivity contribution in [3.8, 4) is 0 Å². The van der Waals surface area contributed by atoms with E-state index in [0.29, 0.717) is 5.92 Å². The van der Waals surface area contributed by atoms with Gasteiger partial charge in [0.25, 0.3) is 0 Å². The maximum absolute atomic E-state index is 4.26. The Bertz CT molecular complexity index is 775. The first kappa shape index (κ1) is 36.0. The van der Waals surface area contributed by atoms with E-state index in [1.807, 2.05) is 25.2 Å². The summed E-state index contributed by atoms with van der Waals surface area (Å²) in [5, 5.41) is 5.90. The molecule has 202 valence electrons. The van der Waals surface area contributed by atoms with Crippen molar-refractivity contribution in [2.75, 3.05) is 6.54 Å². The van der Waals surface area contributed by atoms with Gasteiger partial charge in [-0.3, -0.25) is 0 Å². The Kier molecular flexibility index (Phi) is 22.7. The second-order valence-corrected chi connectivity index (χ2v) is 11.6. The van der Waals surface area contributed by atoms with Crippen LogP contribution in [0.15, 0.2) is 40.7 Å². The summed E-state index contributed by atoms with van der Waals surface area (Å²) in [6, 6.07) is 0. The summed E-state index contributed by atoms with van der Waals surface area (Å²) in [6.45, 7) is 31.3. The second kappa shape index (κ2) is 22.0. The first-order valence-electron chi connectivity index (χ1n) is 13.9. The Morgan fingerprint density at radius 2 is 1.63 bits per heavy atom. The molecule has 1 aromatic rings. The largest absolute Gasteiger partial charge is 0.379 e. The van der Waals surface area contributed by atoms with E-state index >= 15 is 0 Å². The quantitative estimate of drug-likeness (QED) is 0.260. The van der Waals surface area contributed by atoms with Gasteiger partial charge in [-0.05, 0) is 67.6 Å². The third kappa shape index (κ3) is 16.2. The molecule has 1 aromatic heterocycles. The molecule has 0 spiro atoms. The predicted octanol–water partition coefficient (Wildman–Crippen LogP) is 11.5. The molecular weight excluding hydrogens is 462 g/mol. The van der Waals surface area contributed by atoms with Crippen molar-refractivity contribution in [1.29, 1.82) is 0 Å². The van der Waals surface area contributed by atoms with Gasteiger partial charge in [0.15, 0.2) is 0 Å². The average molecular weight is 520 g/mol. The van der Waals surface area contributed by atoms with Crippen LogP contribution in [-0.2, 0) is 6.42 Å². The van der Waals surface area contributed by atoms with E-state index in [9.17, 15) is 0 Å². The van der Waals surface area contributed by atoms with E-state index in [2.05, 4.69) is 105 Å². The lowest BCUT2D eigenvalue weighted by Crippen LogP contribution is -2.14. The van der Waals surface area contributed by atoms with Gasteiger partial charge in [0.05, 0.1) is 10.6 Å². The van der Waals surface area contributed by atoms with Crippen molar-refractivity contribution in [1.82, 2.24) is 5.32 Å². The van der Waals surface area contributed by atoms with Gasteiger partial charge in [-0.1, -0.05) is 106 Å². The minimum Gasteiger partial charge on any atom is -0.379 e.